The van der Waals surface area contributed by atoms with E-state index in [4.69, 9.17) is 19.9 Å². The van der Waals surface area contributed by atoms with Crippen molar-refractivity contribution in [3.63, 3.8) is 0 Å². The third-order valence-electron chi connectivity index (χ3n) is 3.12. The molecule has 0 saturated carbocycles. The predicted octanol–water partition coefficient (Wildman–Crippen LogP) is 3.02. The first kappa shape index (κ1) is 14.7. The number of thiophene rings is 1. The van der Waals surface area contributed by atoms with Gasteiger partial charge in [-0.05, 0) is 29.1 Å². The molecule has 2 N–H and O–H groups in total. The minimum Gasteiger partial charge on any atom is -0.493 e. The van der Waals surface area contributed by atoms with Gasteiger partial charge in [-0.3, -0.25) is 0 Å². The molecule has 1 aromatic heterocycles. The summed E-state index contributed by atoms with van der Waals surface area (Å²) in [6.45, 7) is 0. The molecule has 2 aromatic rings. The van der Waals surface area contributed by atoms with Gasteiger partial charge < -0.3 is 19.9 Å². The van der Waals surface area contributed by atoms with Crippen LogP contribution in [0, 0.1) is 0 Å². The molecule has 0 bridgehead atoms. The fourth-order valence-corrected chi connectivity index (χ4v) is 2.84. The molecule has 0 radical (unpaired) electrons. The Morgan fingerprint density at radius 3 is 2.20 bits per heavy atom. The zero-order valence-corrected chi connectivity index (χ0v) is 12.7. The number of hydrogen-bond donors (Lipinski definition) is 1. The molecular formula is C15H19NO3S. The van der Waals surface area contributed by atoms with Crippen molar-refractivity contribution in [3.05, 3.63) is 40.1 Å². The summed E-state index contributed by atoms with van der Waals surface area (Å²) in [5.41, 5.74) is 7.25. The highest BCUT2D eigenvalue weighted by atomic mass is 32.1. The second-order valence-electron chi connectivity index (χ2n) is 4.35. The summed E-state index contributed by atoms with van der Waals surface area (Å²) < 4.78 is 16.0. The molecule has 20 heavy (non-hydrogen) atoms. The lowest BCUT2D eigenvalue weighted by atomic mass is 10.0. The highest BCUT2D eigenvalue weighted by Crippen LogP contribution is 2.39. The van der Waals surface area contributed by atoms with E-state index in [-0.39, 0.29) is 6.04 Å². The van der Waals surface area contributed by atoms with E-state index in [0.717, 1.165) is 12.0 Å². The Hall–Kier alpha value is -1.72. The summed E-state index contributed by atoms with van der Waals surface area (Å²) in [4.78, 5) is 1.26. The fraction of sp³-hybridized carbons (Fsp3) is 0.333. The van der Waals surface area contributed by atoms with Crippen molar-refractivity contribution in [2.75, 3.05) is 21.3 Å². The molecular weight excluding hydrogens is 274 g/mol. The van der Waals surface area contributed by atoms with E-state index in [2.05, 4.69) is 11.4 Å². The maximum absolute atomic E-state index is 6.28. The molecule has 0 aliphatic rings. The minimum absolute atomic E-state index is 0.109. The normalized spacial score (nSPS) is 12.0. The third kappa shape index (κ3) is 3.05. The lowest BCUT2D eigenvalue weighted by Gasteiger charge is -2.17. The van der Waals surface area contributed by atoms with E-state index in [0.29, 0.717) is 17.2 Å². The van der Waals surface area contributed by atoms with Crippen molar-refractivity contribution >= 4 is 11.3 Å². The Balaban J connectivity index is 2.31. The smallest absolute Gasteiger partial charge is 0.203 e. The number of benzene rings is 1. The van der Waals surface area contributed by atoms with Crippen LogP contribution in [0.1, 0.15) is 16.5 Å². The Morgan fingerprint density at radius 1 is 1.10 bits per heavy atom. The van der Waals surface area contributed by atoms with E-state index in [9.17, 15) is 0 Å². The first-order chi connectivity index (χ1) is 9.69. The van der Waals surface area contributed by atoms with Crippen LogP contribution >= 0.6 is 11.3 Å². The van der Waals surface area contributed by atoms with Gasteiger partial charge in [-0.2, -0.15) is 0 Å². The molecule has 0 amide bonds. The second-order valence-corrected chi connectivity index (χ2v) is 5.38. The van der Waals surface area contributed by atoms with Crippen LogP contribution in [-0.4, -0.2) is 21.3 Å². The van der Waals surface area contributed by atoms with Gasteiger partial charge in [0.25, 0.3) is 0 Å². The molecule has 5 heteroatoms. The minimum atomic E-state index is -0.109. The van der Waals surface area contributed by atoms with Gasteiger partial charge in [-0.1, -0.05) is 6.07 Å². The highest BCUT2D eigenvalue weighted by Gasteiger charge is 2.17. The Bertz CT molecular complexity index is 529. The van der Waals surface area contributed by atoms with Gasteiger partial charge in [0.05, 0.1) is 21.3 Å². The lowest BCUT2D eigenvalue weighted by Crippen LogP contribution is -2.13. The highest BCUT2D eigenvalue weighted by molar-refractivity contribution is 7.09. The summed E-state index contributed by atoms with van der Waals surface area (Å²) in [5.74, 6) is 1.84. The monoisotopic (exact) mass is 293 g/mol. The zero-order chi connectivity index (χ0) is 14.5. The van der Waals surface area contributed by atoms with Crippen molar-refractivity contribution in [3.8, 4) is 17.2 Å². The number of nitrogens with two attached hydrogens (primary N) is 1. The van der Waals surface area contributed by atoms with Crippen LogP contribution in [0.25, 0.3) is 0 Å². The number of hydrogen-bond acceptors (Lipinski definition) is 5. The van der Waals surface area contributed by atoms with Crippen molar-refractivity contribution in [1.29, 1.82) is 0 Å². The molecule has 0 spiro atoms. The summed E-state index contributed by atoms with van der Waals surface area (Å²) in [6.07, 6.45) is 0.788. The second kappa shape index (κ2) is 6.63. The standard InChI is InChI=1S/C15H19NO3S/c1-17-13-7-10(8-14(18-2)15(13)19-3)12(16)9-11-5-4-6-20-11/h4-8,12H,9,16H2,1-3H3. The van der Waals surface area contributed by atoms with Crippen molar-refractivity contribution in [2.24, 2.45) is 5.73 Å². The topological polar surface area (TPSA) is 53.7 Å². The molecule has 0 aliphatic heterocycles. The van der Waals surface area contributed by atoms with E-state index < -0.39 is 0 Å². The van der Waals surface area contributed by atoms with Gasteiger partial charge in [0.1, 0.15) is 0 Å². The molecule has 2 rings (SSSR count). The average Bonchev–Trinajstić information content (AvgIpc) is 2.98. The van der Waals surface area contributed by atoms with Crippen LogP contribution in [0.4, 0.5) is 0 Å². The molecule has 0 saturated heterocycles. The van der Waals surface area contributed by atoms with E-state index in [1.165, 1.54) is 4.88 Å². The molecule has 0 fully saturated rings. The third-order valence-corrected chi connectivity index (χ3v) is 4.02. The number of methoxy groups -OCH3 is 3. The quantitative estimate of drug-likeness (QED) is 0.889. The van der Waals surface area contributed by atoms with Crippen LogP contribution in [0.3, 0.4) is 0 Å². The lowest BCUT2D eigenvalue weighted by molar-refractivity contribution is 0.323. The molecule has 1 atom stereocenters. The zero-order valence-electron chi connectivity index (χ0n) is 11.9. The maximum Gasteiger partial charge on any atom is 0.203 e. The van der Waals surface area contributed by atoms with Crippen LogP contribution in [0.5, 0.6) is 17.2 Å². The van der Waals surface area contributed by atoms with Crippen LogP contribution in [-0.2, 0) is 6.42 Å². The van der Waals surface area contributed by atoms with Crippen molar-refractivity contribution in [1.82, 2.24) is 0 Å². The first-order valence-corrected chi connectivity index (χ1v) is 7.15. The van der Waals surface area contributed by atoms with E-state index in [1.807, 2.05) is 18.2 Å². The van der Waals surface area contributed by atoms with Crippen LogP contribution in [0.2, 0.25) is 0 Å². The SMILES string of the molecule is COc1cc(C(N)Cc2cccs2)cc(OC)c1OC. The van der Waals surface area contributed by atoms with Crippen LogP contribution in [0.15, 0.2) is 29.6 Å². The van der Waals surface area contributed by atoms with Gasteiger partial charge in [0, 0.05) is 17.3 Å². The van der Waals surface area contributed by atoms with Gasteiger partial charge in [-0.15, -0.1) is 11.3 Å². The van der Waals surface area contributed by atoms with Crippen molar-refractivity contribution in [2.45, 2.75) is 12.5 Å². The molecule has 0 aliphatic carbocycles. The Morgan fingerprint density at radius 2 is 1.75 bits per heavy atom. The van der Waals surface area contributed by atoms with Gasteiger partial charge >= 0.3 is 0 Å². The summed E-state index contributed by atoms with van der Waals surface area (Å²) in [7, 11) is 4.79. The van der Waals surface area contributed by atoms with Crippen LogP contribution < -0.4 is 19.9 Å². The fourth-order valence-electron chi connectivity index (χ4n) is 2.08. The number of ether oxygens (including phenoxy) is 3. The van der Waals surface area contributed by atoms with Crippen molar-refractivity contribution < 1.29 is 14.2 Å². The Labute approximate surface area is 123 Å². The first-order valence-electron chi connectivity index (χ1n) is 6.27. The number of rotatable bonds is 6. The maximum atomic E-state index is 6.28. The van der Waals surface area contributed by atoms with Gasteiger partial charge in [0.15, 0.2) is 11.5 Å². The summed E-state index contributed by atoms with van der Waals surface area (Å²) >= 11 is 1.71. The largest absolute Gasteiger partial charge is 0.493 e. The predicted molar refractivity (Wildman–Crippen MR) is 81.0 cm³/mol. The summed E-state index contributed by atoms with van der Waals surface area (Å²) in [6, 6.07) is 7.81. The van der Waals surface area contributed by atoms with E-state index in [1.54, 1.807) is 32.7 Å². The molecule has 4 nitrogen and oxygen atoms in total. The molecule has 1 aromatic carbocycles. The molecule has 1 heterocycles. The van der Waals surface area contributed by atoms with Gasteiger partial charge in [0.2, 0.25) is 5.75 Å². The van der Waals surface area contributed by atoms with E-state index >= 15 is 0 Å². The average molecular weight is 293 g/mol. The summed E-state index contributed by atoms with van der Waals surface area (Å²) in [5, 5.41) is 2.05. The Kier molecular flexibility index (Phi) is 4.87. The molecule has 108 valence electrons. The van der Waals surface area contributed by atoms with Gasteiger partial charge in [-0.25, -0.2) is 0 Å². The molecule has 1 unspecified atom stereocenters.